The zero-order chi connectivity index (χ0) is 18.2. The van der Waals surface area contributed by atoms with Crippen LogP contribution in [-0.4, -0.2) is 50.2 Å². The van der Waals surface area contributed by atoms with Gasteiger partial charge < -0.3 is 15.0 Å². The largest absolute Gasteiger partial charge is 0.383 e. The summed E-state index contributed by atoms with van der Waals surface area (Å²) in [5.41, 5.74) is 2.09. The third-order valence-corrected chi connectivity index (χ3v) is 6.07. The average molecular weight is 359 g/mol. The van der Waals surface area contributed by atoms with Crippen molar-refractivity contribution in [3.8, 4) is 0 Å². The Hall–Kier alpha value is -1.39. The molecule has 0 atom stereocenters. The summed E-state index contributed by atoms with van der Waals surface area (Å²) in [4.78, 5) is 14.8. The summed E-state index contributed by atoms with van der Waals surface area (Å²) in [6.07, 6.45) is 10.9. The van der Waals surface area contributed by atoms with Crippen LogP contribution in [0.3, 0.4) is 0 Å². The van der Waals surface area contributed by atoms with Crippen LogP contribution in [0.1, 0.15) is 60.9 Å². The molecule has 0 radical (unpaired) electrons. The number of hydrogen-bond donors (Lipinski definition) is 1. The number of benzene rings is 1. The monoisotopic (exact) mass is 358 g/mol. The topological polar surface area (TPSA) is 41.6 Å². The van der Waals surface area contributed by atoms with Gasteiger partial charge in [-0.1, -0.05) is 31.4 Å². The number of methoxy groups -OCH3 is 1. The van der Waals surface area contributed by atoms with Crippen molar-refractivity contribution in [1.29, 1.82) is 0 Å². The molecule has 1 aromatic carbocycles. The third kappa shape index (κ3) is 5.55. The van der Waals surface area contributed by atoms with Crippen LogP contribution in [0.2, 0.25) is 0 Å². The Bertz CT molecular complexity index is 544. The Labute approximate surface area is 158 Å². The molecule has 1 aromatic rings. The highest BCUT2D eigenvalue weighted by Crippen LogP contribution is 2.28. The van der Waals surface area contributed by atoms with Crippen molar-refractivity contribution >= 4 is 5.91 Å². The van der Waals surface area contributed by atoms with Crippen LogP contribution >= 0.6 is 0 Å². The SMILES string of the molecule is COCCNC(=O)c1ccc(CC2CCN(C3CCCCC3)CC2)cc1. The fourth-order valence-corrected chi connectivity index (χ4v) is 4.46. The lowest BCUT2D eigenvalue weighted by Gasteiger charge is -2.39. The molecule has 2 aliphatic rings. The van der Waals surface area contributed by atoms with Gasteiger partial charge in [-0.25, -0.2) is 0 Å². The molecule has 4 nitrogen and oxygen atoms in total. The molecule has 26 heavy (non-hydrogen) atoms. The first-order valence-electron chi connectivity index (χ1n) is 10.4. The van der Waals surface area contributed by atoms with Crippen LogP contribution in [0.15, 0.2) is 24.3 Å². The number of likely N-dealkylation sites (tertiary alicyclic amines) is 1. The number of carbonyl (C=O) groups excluding carboxylic acids is 1. The Morgan fingerprint density at radius 3 is 2.42 bits per heavy atom. The smallest absolute Gasteiger partial charge is 0.251 e. The van der Waals surface area contributed by atoms with Crippen molar-refractivity contribution in [2.24, 2.45) is 5.92 Å². The molecule has 0 unspecified atom stereocenters. The highest BCUT2D eigenvalue weighted by atomic mass is 16.5. The molecule has 144 valence electrons. The molecule has 1 aliphatic carbocycles. The van der Waals surface area contributed by atoms with E-state index in [0.29, 0.717) is 13.2 Å². The summed E-state index contributed by atoms with van der Waals surface area (Å²) in [5, 5.41) is 2.87. The second-order valence-corrected chi connectivity index (χ2v) is 7.92. The highest BCUT2D eigenvalue weighted by molar-refractivity contribution is 5.94. The van der Waals surface area contributed by atoms with E-state index < -0.39 is 0 Å². The van der Waals surface area contributed by atoms with Gasteiger partial charge in [-0.15, -0.1) is 0 Å². The van der Waals surface area contributed by atoms with Crippen molar-refractivity contribution in [2.45, 2.75) is 57.4 Å². The number of hydrogen-bond acceptors (Lipinski definition) is 3. The van der Waals surface area contributed by atoms with E-state index in [0.717, 1.165) is 23.9 Å². The second kappa shape index (κ2) is 10.1. The Balaban J connectivity index is 1.42. The van der Waals surface area contributed by atoms with Gasteiger partial charge in [-0.3, -0.25) is 4.79 Å². The van der Waals surface area contributed by atoms with E-state index in [-0.39, 0.29) is 5.91 Å². The number of piperidine rings is 1. The van der Waals surface area contributed by atoms with E-state index in [1.807, 2.05) is 12.1 Å². The van der Waals surface area contributed by atoms with Gasteiger partial charge in [0.05, 0.1) is 6.61 Å². The summed E-state index contributed by atoms with van der Waals surface area (Å²) in [5.74, 6) is 0.769. The number of carbonyl (C=O) groups is 1. The predicted molar refractivity (Wildman–Crippen MR) is 106 cm³/mol. The summed E-state index contributed by atoms with van der Waals surface area (Å²) in [6.45, 7) is 3.64. The normalized spacial score (nSPS) is 20.2. The lowest BCUT2D eigenvalue weighted by molar-refractivity contribution is 0.0937. The van der Waals surface area contributed by atoms with E-state index in [4.69, 9.17) is 4.74 Å². The molecule has 0 bridgehead atoms. The molecule has 3 rings (SSSR count). The first kappa shape index (κ1) is 19.4. The Morgan fingerprint density at radius 1 is 1.08 bits per heavy atom. The lowest BCUT2D eigenvalue weighted by atomic mass is 9.87. The molecular formula is C22H34N2O2. The average Bonchev–Trinajstić information content (AvgIpc) is 2.70. The minimum absolute atomic E-state index is 0.0191. The number of rotatable bonds is 7. The van der Waals surface area contributed by atoms with Crippen LogP contribution in [0.5, 0.6) is 0 Å². The van der Waals surface area contributed by atoms with Gasteiger partial charge >= 0.3 is 0 Å². The maximum Gasteiger partial charge on any atom is 0.251 e. The van der Waals surface area contributed by atoms with E-state index in [1.54, 1.807) is 7.11 Å². The standard InChI is InChI=1S/C22H34N2O2/c1-26-16-13-23-22(25)20-9-7-18(8-10-20)17-19-11-14-24(15-12-19)21-5-3-2-4-6-21/h7-10,19,21H,2-6,11-17H2,1H3,(H,23,25). The number of ether oxygens (including phenoxy) is 1. The van der Waals surface area contributed by atoms with E-state index >= 15 is 0 Å². The third-order valence-electron chi connectivity index (χ3n) is 6.07. The van der Waals surface area contributed by atoms with Gasteiger partial charge in [0.1, 0.15) is 0 Å². The molecule has 1 amide bonds. The predicted octanol–water partition coefficient (Wildman–Crippen LogP) is 3.65. The fraction of sp³-hybridized carbons (Fsp3) is 0.682. The lowest BCUT2D eigenvalue weighted by Crippen LogP contribution is -2.42. The van der Waals surface area contributed by atoms with E-state index in [2.05, 4.69) is 22.3 Å². The molecular weight excluding hydrogens is 324 g/mol. The van der Waals surface area contributed by atoms with Crippen molar-refractivity contribution in [2.75, 3.05) is 33.4 Å². The van der Waals surface area contributed by atoms with Gasteiger partial charge in [-0.2, -0.15) is 0 Å². The quantitative estimate of drug-likeness (QED) is 0.757. The minimum atomic E-state index is -0.0191. The van der Waals surface area contributed by atoms with E-state index in [9.17, 15) is 4.79 Å². The first-order valence-corrected chi connectivity index (χ1v) is 10.4. The number of nitrogens with zero attached hydrogens (tertiary/aromatic N) is 1. The van der Waals surface area contributed by atoms with Crippen molar-refractivity contribution < 1.29 is 9.53 Å². The maximum atomic E-state index is 12.0. The van der Waals surface area contributed by atoms with Crippen LogP contribution in [0.25, 0.3) is 0 Å². The van der Waals surface area contributed by atoms with Crippen molar-refractivity contribution in [3.05, 3.63) is 35.4 Å². The Morgan fingerprint density at radius 2 is 1.77 bits per heavy atom. The molecule has 0 spiro atoms. The van der Waals surface area contributed by atoms with Gasteiger partial charge in [0.2, 0.25) is 0 Å². The second-order valence-electron chi connectivity index (χ2n) is 7.92. The number of amides is 1. The zero-order valence-corrected chi connectivity index (χ0v) is 16.2. The zero-order valence-electron chi connectivity index (χ0n) is 16.2. The molecule has 1 saturated carbocycles. The molecule has 1 saturated heterocycles. The molecule has 1 aliphatic heterocycles. The number of nitrogens with one attached hydrogen (secondary N) is 1. The molecule has 0 aromatic heterocycles. The van der Waals surface area contributed by atoms with Crippen molar-refractivity contribution in [1.82, 2.24) is 10.2 Å². The van der Waals surface area contributed by atoms with Gasteiger partial charge in [0.25, 0.3) is 5.91 Å². The van der Waals surface area contributed by atoms with Gasteiger partial charge in [0.15, 0.2) is 0 Å². The van der Waals surface area contributed by atoms with Crippen LogP contribution in [0, 0.1) is 5.92 Å². The minimum Gasteiger partial charge on any atom is -0.383 e. The Kier molecular flexibility index (Phi) is 7.51. The fourth-order valence-electron chi connectivity index (χ4n) is 4.46. The first-order chi connectivity index (χ1) is 12.8. The summed E-state index contributed by atoms with van der Waals surface area (Å²) >= 11 is 0. The van der Waals surface area contributed by atoms with Crippen molar-refractivity contribution in [3.63, 3.8) is 0 Å². The van der Waals surface area contributed by atoms with Crippen LogP contribution in [0.4, 0.5) is 0 Å². The van der Waals surface area contributed by atoms with E-state index in [1.165, 1.54) is 63.6 Å². The maximum absolute atomic E-state index is 12.0. The molecule has 4 heteroatoms. The van der Waals surface area contributed by atoms with Crippen LogP contribution < -0.4 is 5.32 Å². The summed E-state index contributed by atoms with van der Waals surface area (Å²) < 4.78 is 4.96. The van der Waals surface area contributed by atoms with Crippen LogP contribution in [-0.2, 0) is 11.2 Å². The summed E-state index contributed by atoms with van der Waals surface area (Å²) in [6, 6.07) is 9.02. The van der Waals surface area contributed by atoms with Gasteiger partial charge in [-0.05, 0) is 68.8 Å². The highest BCUT2D eigenvalue weighted by Gasteiger charge is 2.26. The summed E-state index contributed by atoms with van der Waals surface area (Å²) in [7, 11) is 1.64. The van der Waals surface area contributed by atoms with Gasteiger partial charge in [0, 0.05) is 25.3 Å². The molecule has 2 fully saturated rings. The molecule has 1 N–H and O–H groups in total. The molecule has 1 heterocycles.